The van der Waals surface area contributed by atoms with Gasteiger partial charge in [-0.15, -0.1) is 11.3 Å². The molecule has 0 fully saturated rings. The molecule has 0 saturated heterocycles. The Hall–Kier alpha value is -2.08. The highest BCUT2D eigenvalue weighted by Gasteiger charge is 2.38. The van der Waals surface area contributed by atoms with Gasteiger partial charge in [-0.1, -0.05) is 23.2 Å². The maximum atomic E-state index is 13.1. The van der Waals surface area contributed by atoms with Crippen molar-refractivity contribution in [2.75, 3.05) is 12.0 Å². The Kier molecular flexibility index (Phi) is 5.23. The third-order valence-electron chi connectivity index (χ3n) is 4.13. The van der Waals surface area contributed by atoms with E-state index in [0.717, 1.165) is 10.4 Å². The highest BCUT2D eigenvalue weighted by atomic mass is 35.5. The fourth-order valence-electron chi connectivity index (χ4n) is 2.78. The van der Waals surface area contributed by atoms with Crippen LogP contribution in [-0.4, -0.2) is 19.0 Å². The summed E-state index contributed by atoms with van der Waals surface area (Å²) in [7, 11) is 1.29. The van der Waals surface area contributed by atoms with Crippen molar-refractivity contribution < 1.29 is 14.3 Å². The molecule has 3 rings (SSSR count). The van der Waals surface area contributed by atoms with Crippen LogP contribution >= 0.6 is 34.5 Å². The number of amides is 1. The molecule has 1 aliphatic heterocycles. The van der Waals surface area contributed by atoms with Gasteiger partial charge in [0.2, 0.25) is 0 Å². The van der Waals surface area contributed by atoms with E-state index in [1.165, 1.54) is 23.3 Å². The lowest BCUT2D eigenvalue weighted by molar-refractivity contribution is -0.136. The fraction of sp³-hybridized carbons (Fsp3) is 0.158. The van der Waals surface area contributed by atoms with E-state index in [9.17, 15) is 9.59 Å². The second-order valence-corrected chi connectivity index (χ2v) is 7.48. The molecule has 1 amide bonds. The van der Waals surface area contributed by atoms with Crippen LogP contribution in [0.15, 0.2) is 46.5 Å². The SMILES string of the molecule is COC(=O)C1=C(C)N(c2ccc(Cl)c(Cl)c2)C(=O)/C1=C\c1sccc1C. The van der Waals surface area contributed by atoms with Crippen LogP contribution in [-0.2, 0) is 14.3 Å². The van der Waals surface area contributed by atoms with Crippen LogP contribution in [0.25, 0.3) is 6.08 Å². The zero-order valence-electron chi connectivity index (χ0n) is 14.3. The lowest BCUT2D eigenvalue weighted by Crippen LogP contribution is -2.24. The summed E-state index contributed by atoms with van der Waals surface area (Å²) >= 11 is 13.6. The lowest BCUT2D eigenvalue weighted by atomic mass is 10.1. The van der Waals surface area contributed by atoms with E-state index in [1.54, 1.807) is 31.2 Å². The summed E-state index contributed by atoms with van der Waals surface area (Å²) in [5.74, 6) is -0.868. The summed E-state index contributed by atoms with van der Waals surface area (Å²) in [5, 5.41) is 2.66. The maximum absolute atomic E-state index is 13.1. The standard InChI is InChI=1S/C19H15Cl2NO3S/c1-10-6-7-26-16(10)9-13-17(19(24)25-3)11(2)22(18(13)23)12-4-5-14(20)15(21)8-12/h4-9H,1-3H3/b13-9-. The molecule has 2 aromatic rings. The summed E-state index contributed by atoms with van der Waals surface area (Å²) in [5.41, 5.74) is 2.60. The van der Waals surface area contributed by atoms with Gasteiger partial charge >= 0.3 is 5.97 Å². The minimum Gasteiger partial charge on any atom is -0.465 e. The number of allylic oxidation sites excluding steroid dienone is 1. The number of anilines is 1. The van der Waals surface area contributed by atoms with Gasteiger partial charge in [-0.25, -0.2) is 4.79 Å². The molecule has 1 aromatic heterocycles. The number of methoxy groups -OCH3 is 1. The highest BCUT2D eigenvalue weighted by Crippen LogP contribution is 2.38. The molecule has 134 valence electrons. The average Bonchev–Trinajstić information content (AvgIpc) is 3.12. The van der Waals surface area contributed by atoms with E-state index < -0.39 is 5.97 Å². The van der Waals surface area contributed by atoms with E-state index in [-0.39, 0.29) is 11.5 Å². The van der Waals surface area contributed by atoms with Gasteiger partial charge in [0.15, 0.2) is 0 Å². The third kappa shape index (κ3) is 3.18. The summed E-state index contributed by atoms with van der Waals surface area (Å²) < 4.78 is 4.90. The third-order valence-corrected chi connectivity index (χ3v) is 5.83. The van der Waals surface area contributed by atoms with Crippen LogP contribution in [0.3, 0.4) is 0 Å². The first-order chi connectivity index (χ1) is 12.3. The molecule has 0 N–H and O–H groups in total. The van der Waals surface area contributed by atoms with Crippen molar-refractivity contribution in [3.63, 3.8) is 0 Å². The van der Waals surface area contributed by atoms with Crippen molar-refractivity contribution in [3.8, 4) is 0 Å². The largest absolute Gasteiger partial charge is 0.465 e. The quantitative estimate of drug-likeness (QED) is 0.516. The van der Waals surface area contributed by atoms with Crippen LogP contribution in [0.1, 0.15) is 17.4 Å². The van der Waals surface area contributed by atoms with Gasteiger partial charge in [-0.2, -0.15) is 0 Å². The number of nitrogens with zero attached hydrogens (tertiary/aromatic N) is 1. The Bertz CT molecular complexity index is 975. The Morgan fingerprint density at radius 1 is 1.19 bits per heavy atom. The van der Waals surface area contributed by atoms with Crippen molar-refractivity contribution >= 4 is 58.2 Å². The van der Waals surface area contributed by atoms with E-state index in [2.05, 4.69) is 0 Å². The molecule has 0 aliphatic carbocycles. The minimum atomic E-state index is -0.557. The van der Waals surface area contributed by atoms with Crippen molar-refractivity contribution in [1.29, 1.82) is 0 Å². The molecular formula is C19H15Cl2NO3S. The van der Waals surface area contributed by atoms with Crippen molar-refractivity contribution in [2.45, 2.75) is 13.8 Å². The van der Waals surface area contributed by atoms with Gasteiger partial charge in [0.05, 0.1) is 34.0 Å². The number of halogens is 2. The molecular weight excluding hydrogens is 393 g/mol. The number of esters is 1. The molecule has 7 heteroatoms. The molecule has 0 radical (unpaired) electrons. The molecule has 0 bridgehead atoms. The number of carbonyl (C=O) groups is 2. The maximum Gasteiger partial charge on any atom is 0.340 e. The fourth-order valence-corrected chi connectivity index (χ4v) is 3.93. The van der Waals surface area contributed by atoms with Crippen LogP contribution in [0.2, 0.25) is 10.0 Å². The number of carbonyl (C=O) groups excluding carboxylic acids is 2. The zero-order valence-corrected chi connectivity index (χ0v) is 16.6. The van der Waals surface area contributed by atoms with Gasteiger partial charge in [-0.05, 0) is 55.1 Å². The monoisotopic (exact) mass is 407 g/mol. The molecule has 0 spiro atoms. The summed E-state index contributed by atoms with van der Waals surface area (Å²) in [6.45, 7) is 3.65. The molecule has 26 heavy (non-hydrogen) atoms. The number of hydrogen-bond donors (Lipinski definition) is 0. The van der Waals surface area contributed by atoms with E-state index in [0.29, 0.717) is 27.0 Å². The van der Waals surface area contributed by atoms with Crippen molar-refractivity contribution in [1.82, 2.24) is 0 Å². The van der Waals surface area contributed by atoms with E-state index in [1.807, 2.05) is 18.4 Å². The molecule has 0 saturated carbocycles. The second-order valence-electron chi connectivity index (χ2n) is 5.72. The number of aryl methyl sites for hydroxylation is 1. The Balaban J connectivity index is 2.16. The smallest absolute Gasteiger partial charge is 0.340 e. The van der Waals surface area contributed by atoms with Crippen molar-refractivity contribution in [2.24, 2.45) is 0 Å². The summed E-state index contributed by atoms with van der Waals surface area (Å²) in [6, 6.07) is 6.85. The Morgan fingerprint density at radius 2 is 1.92 bits per heavy atom. The number of benzene rings is 1. The Labute approximate surface area is 165 Å². The van der Waals surface area contributed by atoms with Crippen LogP contribution in [0.5, 0.6) is 0 Å². The van der Waals surface area contributed by atoms with Crippen LogP contribution in [0.4, 0.5) is 5.69 Å². The highest BCUT2D eigenvalue weighted by molar-refractivity contribution is 7.11. The summed E-state index contributed by atoms with van der Waals surface area (Å²) in [6.07, 6.45) is 1.73. The van der Waals surface area contributed by atoms with Gasteiger partial charge in [0, 0.05) is 10.6 Å². The van der Waals surface area contributed by atoms with Gasteiger partial charge < -0.3 is 4.74 Å². The van der Waals surface area contributed by atoms with Crippen LogP contribution in [0, 0.1) is 6.92 Å². The molecule has 0 atom stereocenters. The molecule has 1 aromatic carbocycles. The zero-order chi connectivity index (χ0) is 19.0. The van der Waals surface area contributed by atoms with E-state index in [4.69, 9.17) is 27.9 Å². The van der Waals surface area contributed by atoms with Crippen LogP contribution < -0.4 is 4.90 Å². The molecule has 0 unspecified atom stereocenters. The number of hydrogen-bond acceptors (Lipinski definition) is 4. The topological polar surface area (TPSA) is 46.6 Å². The normalized spacial score (nSPS) is 16.0. The predicted molar refractivity (Wildman–Crippen MR) is 106 cm³/mol. The number of ether oxygens (including phenoxy) is 1. The second kappa shape index (κ2) is 7.27. The van der Waals surface area contributed by atoms with Gasteiger partial charge in [-0.3, -0.25) is 9.69 Å². The predicted octanol–water partition coefficient (Wildman–Crippen LogP) is 5.24. The average molecular weight is 408 g/mol. The number of rotatable bonds is 3. The first-order valence-electron chi connectivity index (χ1n) is 7.70. The lowest BCUT2D eigenvalue weighted by Gasteiger charge is -2.18. The molecule has 1 aliphatic rings. The first kappa shape index (κ1) is 18.7. The molecule has 4 nitrogen and oxygen atoms in total. The van der Waals surface area contributed by atoms with E-state index >= 15 is 0 Å². The molecule has 2 heterocycles. The summed E-state index contributed by atoms with van der Waals surface area (Å²) in [4.78, 5) is 27.8. The van der Waals surface area contributed by atoms with Gasteiger partial charge in [0.25, 0.3) is 5.91 Å². The number of thiophene rings is 1. The minimum absolute atomic E-state index is 0.247. The van der Waals surface area contributed by atoms with Gasteiger partial charge in [0.1, 0.15) is 0 Å². The Morgan fingerprint density at radius 3 is 2.50 bits per heavy atom. The van der Waals surface area contributed by atoms with Crippen molar-refractivity contribution in [3.05, 3.63) is 67.0 Å². The first-order valence-corrected chi connectivity index (χ1v) is 9.33.